The van der Waals surface area contributed by atoms with Crippen LogP contribution in [0, 0.1) is 0 Å². The van der Waals surface area contributed by atoms with Crippen LogP contribution in [0.5, 0.6) is 0 Å². The van der Waals surface area contributed by atoms with Crippen molar-refractivity contribution in [2.75, 3.05) is 0 Å². The van der Waals surface area contributed by atoms with E-state index in [9.17, 15) is 96.5 Å². The zero-order chi connectivity index (χ0) is 27.9. The van der Waals surface area contributed by atoms with Crippen molar-refractivity contribution in [3.8, 4) is 0 Å². The molecule has 0 aliphatic heterocycles. The Balaban J connectivity index is -0.000000464. The Morgan fingerprint density at radius 1 is 0.412 bits per heavy atom. The van der Waals surface area contributed by atoms with Crippen molar-refractivity contribution in [1.82, 2.24) is 0 Å². The second-order valence-corrected chi connectivity index (χ2v) is 6.04. The van der Waals surface area contributed by atoms with Gasteiger partial charge in [-0.25, -0.2) is 0 Å². The third-order valence-corrected chi connectivity index (χ3v) is 3.15. The zero-order valence-corrected chi connectivity index (χ0v) is 18.5. The van der Waals surface area contributed by atoms with Gasteiger partial charge in [-0.1, -0.05) is 0 Å². The van der Waals surface area contributed by atoms with Gasteiger partial charge in [0.1, 0.15) is 0 Å². The molecular weight excluding hydrogens is 611 g/mol. The van der Waals surface area contributed by atoms with Crippen LogP contribution >= 0.6 is 0 Å². The van der Waals surface area contributed by atoms with Gasteiger partial charge >= 0.3 is 110 Å². The van der Waals surface area contributed by atoms with Gasteiger partial charge in [0.2, 0.25) is 0 Å². The van der Waals surface area contributed by atoms with E-state index in [1.54, 1.807) is 0 Å². The number of halogens is 20. The van der Waals surface area contributed by atoms with E-state index in [2.05, 4.69) is 0 Å². The van der Waals surface area contributed by atoms with E-state index in [1.807, 2.05) is 8.78 Å². The van der Waals surface area contributed by atoms with Crippen LogP contribution in [-0.4, -0.2) is 56.3 Å². The molecule has 0 saturated heterocycles. The van der Waals surface area contributed by atoms with E-state index >= 15 is 0 Å². The maximum absolute atomic E-state index is 12.8. The topological polar surface area (TPSA) is 52.6 Å². The largest absolute Gasteiger partial charge is 1.00 e. The molecule has 0 aliphatic carbocycles. The average molecular weight is 612 g/mol. The van der Waals surface area contributed by atoms with Gasteiger partial charge in [-0.05, 0) is 17.8 Å². The molecule has 0 heterocycles. The van der Waals surface area contributed by atoms with Crippen molar-refractivity contribution in [2.24, 2.45) is 0 Å². The molecule has 0 amide bonds. The second kappa shape index (κ2) is 10.8. The summed E-state index contributed by atoms with van der Waals surface area (Å²) in [6, 6.07) is 0. The van der Waals surface area contributed by atoms with Crippen molar-refractivity contribution < 1.29 is 158 Å². The molecule has 204 valence electrons. The quantitative estimate of drug-likeness (QED) is 0.328. The van der Waals surface area contributed by atoms with Crippen LogP contribution in [0.15, 0.2) is 0 Å². The molecule has 0 saturated carbocycles. The normalized spacial score (nSPS) is 15.3. The van der Waals surface area contributed by atoms with Gasteiger partial charge in [0.25, 0.3) is 0 Å². The molecule has 0 atom stereocenters. The molecule has 0 radical (unpaired) electrons. The van der Waals surface area contributed by atoms with Crippen LogP contribution in [0.3, 0.4) is 0 Å². The van der Waals surface area contributed by atoms with Crippen LogP contribution in [-0.2, 0) is 19.2 Å². The van der Waals surface area contributed by atoms with E-state index in [-0.39, 0.29) is 52.8 Å². The molecule has 0 spiro atoms. The number of rotatable bonds is 7. The zero-order valence-electron chi connectivity index (χ0n) is 15.6. The summed E-state index contributed by atoms with van der Waals surface area (Å²) in [5, 5.41) is 0. The van der Waals surface area contributed by atoms with Gasteiger partial charge in [-0.3, -0.25) is 0 Å². The van der Waals surface area contributed by atoms with Gasteiger partial charge in [0.15, 0.2) is 0 Å². The minimum Gasteiger partial charge on any atom is -1.00 e. The van der Waals surface area contributed by atoms with Crippen LogP contribution in [0.25, 0.3) is 0 Å². The predicted octanol–water partition coefficient (Wildman–Crippen LogP) is 3.07. The molecule has 0 aromatic heterocycles. The maximum Gasteiger partial charge on any atom is 1.00 e. The monoisotopic (exact) mass is 612 g/mol. The van der Waals surface area contributed by atoms with E-state index in [1.165, 1.54) is 0 Å². The second-order valence-electron chi connectivity index (χ2n) is 4.98. The first-order valence-electron chi connectivity index (χ1n) is 6.13. The van der Waals surface area contributed by atoms with Crippen LogP contribution in [0.2, 0.25) is 0 Å². The van der Waals surface area contributed by atoms with Crippen molar-refractivity contribution in [1.29, 1.82) is 0 Å². The molecule has 0 N–H and O–H groups in total. The summed E-state index contributed by atoms with van der Waals surface area (Å²) in [6.45, 7) is 0. The van der Waals surface area contributed by atoms with Crippen molar-refractivity contribution in [3.63, 3.8) is 0 Å². The standard InChI is InChI=1S/C8F18.F2O4S.K.H/c9-1(10,3(13,14)5(17,18)7(21,22)23)2(11,12)4(15,16)6(19,20)8(24,25)26;1-5-7(3,4)6-2;;/q;;+1;-1. The third-order valence-electron chi connectivity index (χ3n) is 2.84. The molecule has 4 nitrogen and oxygen atoms in total. The van der Waals surface area contributed by atoms with E-state index in [0.29, 0.717) is 0 Å². The van der Waals surface area contributed by atoms with Crippen molar-refractivity contribution in [3.05, 3.63) is 0 Å². The summed E-state index contributed by atoms with van der Waals surface area (Å²) in [4.78, 5) is 0. The molecule has 0 aromatic rings. The fraction of sp³-hybridized carbons (Fsp3) is 1.00. The van der Waals surface area contributed by atoms with Crippen LogP contribution < -0.4 is 51.4 Å². The first-order chi connectivity index (χ1) is 13.9. The summed E-state index contributed by atoms with van der Waals surface area (Å²) in [6.07, 6.45) is -15.6. The summed E-state index contributed by atoms with van der Waals surface area (Å²) in [5.41, 5.74) is 0. The third kappa shape index (κ3) is 6.51. The van der Waals surface area contributed by atoms with Gasteiger partial charge in [0, 0.05) is 0 Å². The first kappa shape index (κ1) is 38.6. The Labute approximate surface area is 215 Å². The van der Waals surface area contributed by atoms with Gasteiger partial charge in [0.05, 0.1) is 0 Å². The number of hydrogen-bond acceptors (Lipinski definition) is 4. The summed E-state index contributed by atoms with van der Waals surface area (Å²) < 4.78 is 264. The Morgan fingerprint density at radius 3 is 0.647 bits per heavy atom. The van der Waals surface area contributed by atoms with E-state index in [4.69, 9.17) is 0 Å². The van der Waals surface area contributed by atoms with E-state index < -0.39 is 58.3 Å². The van der Waals surface area contributed by atoms with Crippen LogP contribution in [0.1, 0.15) is 1.43 Å². The minimum atomic E-state index is -8.72. The fourth-order valence-corrected chi connectivity index (χ4v) is 1.17. The Morgan fingerprint density at radius 2 is 0.559 bits per heavy atom. The van der Waals surface area contributed by atoms with Crippen LogP contribution in [0.4, 0.5) is 88.1 Å². The smallest absolute Gasteiger partial charge is 1.00 e. The fourth-order valence-electron chi connectivity index (χ4n) is 1.15. The predicted molar refractivity (Wildman–Crippen MR) is 56.2 cm³/mol. The molecule has 0 fully saturated rings. The Kier molecular flexibility index (Phi) is 12.3. The summed E-state index contributed by atoms with van der Waals surface area (Å²) >= 11 is 0. The first-order valence-corrected chi connectivity index (χ1v) is 7.46. The Hall–Kier alpha value is 0.106. The molecule has 0 bridgehead atoms. The molecule has 26 heteroatoms. The van der Waals surface area contributed by atoms with Gasteiger partial charge < -0.3 is 1.43 Å². The molecule has 34 heavy (non-hydrogen) atoms. The SMILES string of the molecule is FC(F)(F)C(F)(F)C(F)(F)C(F)(F)C(F)(F)C(F)(F)C(F)(F)C(F)(F)F.O=S(=O)(OF)OF.[H-].[K+]. The summed E-state index contributed by atoms with van der Waals surface area (Å²) in [7, 11) is -4.99. The van der Waals surface area contributed by atoms with E-state index in [0.717, 1.165) is 0 Å². The summed E-state index contributed by atoms with van der Waals surface area (Å²) in [5.74, 6) is -51.0. The number of hydrogen-bond donors (Lipinski definition) is 0. The average Bonchev–Trinajstić information content (AvgIpc) is 2.59. The van der Waals surface area contributed by atoms with Gasteiger partial charge in [-0.2, -0.15) is 87.4 Å². The van der Waals surface area contributed by atoms with Crippen molar-refractivity contribution in [2.45, 2.75) is 47.9 Å². The molecule has 0 rings (SSSR count). The molecule has 0 unspecified atom stereocenters. The molecule has 0 aliphatic rings. The minimum absolute atomic E-state index is 0. The molecular formula is C8HF20KO4S. The Bertz CT molecular complexity index is 717. The number of alkyl halides is 18. The van der Waals surface area contributed by atoms with Gasteiger partial charge in [-0.15, -0.1) is 0 Å². The molecule has 0 aromatic carbocycles. The van der Waals surface area contributed by atoms with Crippen molar-refractivity contribution >= 4 is 10.4 Å². The maximum atomic E-state index is 12.8.